The molecule has 0 aliphatic rings. The van der Waals surface area contributed by atoms with E-state index in [2.05, 4.69) is 66.6 Å². The van der Waals surface area contributed by atoms with Crippen molar-refractivity contribution in [2.24, 2.45) is 0 Å². The van der Waals surface area contributed by atoms with Gasteiger partial charge >= 0.3 is 0 Å². The fraction of sp³-hybridized carbons (Fsp3) is 0.300. The highest BCUT2D eigenvalue weighted by Gasteiger charge is 2.17. The van der Waals surface area contributed by atoms with Crippen LogP contribution in [0.1, 0.15) is 36.8 Å². The molecule has 120 valence electrons. The quantitative estimate of drug-likeness (QED) is 0.439. The van der Waals surface area contributed by atoms with Crippen LogP contribution in [-0.2, 0) is 4.74 Å². The van der Waals surface area contributed by atoms with Crippen LogP contribution in [0.3, 0.4) is 0 Å². The first-order chi connectivity index (χ1) is 11.3. The van der Waals surface area contributed by atoms with Crippen LogP contribution in [0.25, 0.3) is 10.9 Å². The molecule has 2 aromatic carbocycles. The van der Waals surface area contributed by atoms with Gasteiger partial charge in [0.2, 0.25) is 0 Å². The minimum absolute atomic E-state index is 0.442. The molecule has 1 heterocycles. The van der Waals surface area contributed by atoms with Crippen LogP contribution in [0.4, 0.5) is 0 Å². The average molecular weight is 325 g/mol. The molecule has 3 rings (SSSR count). The first-order valence-corrected chi connectivity index (χ1v) is 9.09. The molecule has 3 heteroatoms. The summed E-state index contributed by atoms with van der Waals surface area (Å²) in [5.41, 5.74) is 4.01. The van der Waals surface area contributed by atoms with E-state index < -0.39 is 0 Å². The van der Waals surface area contributed by atoms with Gasteiger partial charge in [-0.15, -0.1) is 0 Å². The molecule has 1 aromatic heterocycles. The fourth-order valence-corrected chi connectivity index (χ4v) is 3.68. The third-order valence-electron chi connectivity index (χ3n) is 4.20. The second kappa shape index (κ2) is 7.71. The predicted molar refractivity (Wildman–Crippen MR) is 99.2 cm³/mol. The summed E-state index contributed by atoms with van der Waals surface area (Å²) in [5.74, 6) is 1.14. The monoisotopic (exact) mass is 325 g/mol. The second-order valence-corrected chi connectivity index (χ2v) is 6.75. The van der Waals surface area contributed by atoms with Gasteiger partial charge in [-0.2, -0.15) is 0 Å². The van der Waals surface area contributed by atoms with Gasteiger partial charge in [0.15, 0.2) is 0 Å². The molecule has 3 aromatic rings. The van der Waals surface area contributed by atoms with Crippen molar-refractivity contribution in [1.82, 2.24) is 4.98 Å². The standard InChI is InChI=1S/C20H23NOS/c1-3-6-17(15-9-11-16(12-10-15)23-14-22-2)19-13-21-20-8-5-4-7-18(19)20/h4-5,7-13,17,21H,3,6,14H2,1-2H3. The number of hydrogen-bond acceptors (Lipinski definition) is 2. The van der Waals surface area contributed by atoms with Gasteiger partial charge < -0.3 is 9.72 Å². The van der Waals surface area contributed by atoms with Crippen LogP contribution in [0.15, 0.2) is 59.6 Å². The SMILES string of the molecule is CCCC(c1ccc(SCOC)cc1)c1c[nH]c2ccccc12. The van der Waals surface area contributed by atoms with E-state index in [9.17, 15) is 0 Å². The van der Waals surface area contributed by atoms with E-state index in [0.717, 1.165) is 6.42 Å². The second-order valence-electron chi connectivity index (χ2n) is 5.75. The fourth-order valence-electron chi connectivity index (χ4n) is 3.10. The first-order valence-electron chi connectivity index (χ1n) is 8.11. The van der Waals surface area contributed by atoms with E-state index in [1.807, 2.05) is 0 Å². The highest BCUT2D eigenvalue weighted by Crippen LogP contribution is 2.34. The van der Waals surface area contributed by atoms with E-state index in [1.54, 1.807) is 18.9 Å². The number of methoxy groups -OCH3 is 1. The molecule has 0 saturated carbocycles. The minimum atomic E-state index is 0.442. The summed E-state index contributed by atoms with van der Waals surface area (Å²) in [5, 5.41) is 1.34. The van der Waals surface area contributed by atoms with Gasteiger partial charge in [-0.1, -0.05) is 55.4 Å². The zero-order valence-electron chi connectivity index (χ0n) is 13.7. The summed E-state index contributed by atoms with van der Waals surface area (Å²) >= 11 is 1.73. The lowest BCUT2D eigenvalue weighted by Gasteiger charge is -2.17. The van der Waals surface area contributed by atoms with Gasteiger partial charge in [0.1, 0.15) is 0 Å². The number of hydrogen-bond donors (Lipinski definition) is 1. The zero-order valence-corrected chi connectivity index (χ0v) is 14.5. The highest BCUT2D eigenvalue weighted by molar-refractivity contribution is 7.99. The number of aromatic amines is 1. The Balaban J connectivity index is 1.92. The van der Waals surface area contributed by atoms with Crippen LogP contribution in [0.2, 0.25) is 0 Å². The zero-order chi connectivity index (χ0) is 16.1. The molecular weight excluding hydrogens is 302 g/mol. The Morgan fingerprint density at radius 2 is 1.87 bits per heavy atom. The van der Waals surface area contributed by atoms with Gasteiger partial charge in [-0.3, -0.25) is 0 Å². The molecule has 1 atom stereocenters. The number of rotatable bonds is 7. The third kappa shape index (κ3) is 3.62. The summed E-state index contributed by atoms with van der Waals surface area (Å²) in [4.78, 5) is 4.67. The van der Waals surface area contributed by atoms with Crippen LogP contribution in [-0.4, -0.2) is 18.0 Å². The lowest BCUT2D eigenvalue weighted by molar-refractivity contribution is 0.259. The Bertz CT molecular complexity index is 748. The summed E-state index contributed by atoms with van der Waals surface area (Å²) in [7, 11) is 1.73. The Labute approximate surface area is 142 Å². The molecule has 0 saturated heterocycles. The van der Waals surface area contributed by atoms with Crippen molar-refractivity contribution in [3.8, 4) is 0 Å². The summed E-state index contributed by atoms with van der Waals surface area (Å²) in [6, 6.07) is 17.5. The molecule has 1 unspecified atom stereocenters. The van der Waals surface area contributed by atoms with Crippen molar-refractivity contribution in [2.45, 2.75) is 30.6 Å². The molecule has 0 spiro atoms. The predicted octanol–water partition coefficient (Wildman–Crippen LogP) is 5.80. The van der Waals surface area contributed by atoms with Crippen molar-refractivity contribution in [2.75, 3.05) is 13.0 Å². The highest BCUT2D eigenvalue weighted by atomic mass is 32.2. The number of fused-ring (bicyclic) bond motifs is 1. The molecule has 0 amide bonds. The van der Waals surface area contributed by atoms with E-state index in [1.165, 1.54) is 33.3 Å². The summed E-state index contributed by atoms with van der Waals surface area (Å²) in [6.07, 6.45) is 4.51. The van der Waals surface area contributed by atoms with Crippen molar-refractivity contribution in [1.29, 1.82) is 0 Å². The van der Waals surface area contributed by atoms with Crippen molar-refractivity contribution >= 4 is 22.7 Å². The summed E-state index contributed by atoms with van der Waals surface area (Å²) < 4.78 is 5.13. The van der Waals surface area contributed by atoms with E-state index in [4.69, 9.17) is 4.74 Å². The number of para-hydroxylation sites is 1. The first kappa shape index (κ1) is 16.2. The Morgan fingerprint density at radius 1 is 1.09 bits per heavy atom. The maximum absolute atomic E-state index is 5.13. The Hall–Kier alpha value is -1.71. The largest absolute Gasteiger partial charge is 0.374 e. The minimum Gasteiger partial charge on any atom is -0.374 e. The molecular formula is C20H23NOS. The van der Waals surface area contributed by atoms with Gasteiger partial charge in [-0.05, 0) is 35.7 Å². The molecule has 2 nitrogen and oxygen atoms in total. The van der Waals surface area contributed by atoms with E-state index in [-0.39, 0.29) is 0 Å². The molecule has 0 aliphatic heterocycles. The average Bonchev–Trinajstić information content (AvgIpc) is 3.02. The van der Waals surface area contributed by atoms with Crippen LogP contribution in [0.5, 0.6) is 0 Å². The maximum atomic E-state index is 5.13. The molecule has 0 aliphatic carbocycles. The van der Waals surface area contributed by atoms with Crippen molar-refractivity contribution in [3.63, 3.8) is 0 Å². The van der Waals surface area contributed by atoms with Crippen molar-refractivity contribution < 1.29 is 4.74 Å². The van der Waals surface area contributed by atoms with Crippen LogP contribution in [0, 0.1) is 0 Å². The molecule has 0 bridgehead atoms. The maximum Gasteiger partial charge on any atom is 0.0963 e. The number of benzene rings is 2. The van der Waals surface area contributed by atoms with Gasteiger partial charge in [0.05, 0.1) is 5.94 Å². The normalized spacial score (nSPS) is 12.6. The van der Waals surface area contributed by atoms with Gasteiger partial charge in [-0.25, -0.2) is 0 Å². The topological polar surface area (TPSA) is 25.0 Å². The number of ether oxygens (including phenoxy) is 1. The van der Waals surface area contributed by atoms with Crippen LogP contribution >= 0.6 is 11.8 Å². The number of H-pyrrole nitrogens is 1. The Morgan fingerprint density at radius 3 is 2.61 bits per heavy atom. The van der Waals surface area contributed by atoms with Crippen molar-refractivity contribution in [3.05, 3.63) is 65.9 Å². The molecule has 23 heavy (non-hydrogen) atoms. The smallest absolute Gasteiger partial charge is 0.0963 e. The Kier molecular flexibility index (Phi) is 5.42. The number of aromatic nitrogens is 1. The number of thioether (sulfide) groups is 1. The molecule has 0 fully saturated rings. The van der Waals surface area contributed by atoms with Gasteiger partial charge in [0, 0.05) is 35.0 Å². The third-order valence-corrected chi connectivity index (χ3v) is 5.16. The summed E-state index contributed by atoms with van der Waals surface area (Å²) in [6.45, 7) is 2.25. The van der Waals surface area contributed by atoms with E-state index in [0.29, 0.717) is 11.9 Å². The molecule has 0 radical (unpaired) electrons. The molecule has 1 N–H and O–H groups in total. The van der Waals surface area contributed by atoms with E-state index >= 15 is 0 Å². The lowest BCUT2D eigenvalue weighted by Crippen LogP contribution is -2.00. The van der Waals surface area contributed by atoms with Gasteiger partial charge in [0.25, 0.3) is 0 Å². The van der Waals surface area contributed by atoms with Crippen LogP contribution < -0.4 is 0 Å². The number of nitrogens with one attached hydrogen (secondary N) is 1. The lowest BCUT2D eigenvalue weighted by atomic mass is 9.87.